The van der Waals surface area contributed by atoms with Gasteiger partial charge in [0.1, 0.15) is 0 Å². The molecule has 4 rings (SSSR count). The van der Waals surface area contributed by atoms with Gasteiger partial charge in [0.05, 0.1) is 5.54 Å². The van der Waals surface area contributed by atoms with E-state index in [4.69, 9.17) is 17.3 Å². The number of nitrogens with two attached hydrogens (primary N) is 1. The lowest BCUT2D eigenvalue weighted by molar-refractivity contribution is -0.122. The number of rotatable bonds is 5. The lowest BCUT2D eigenvalue weighted by Crippen LogP contribution is -2.53. The highest BCUT2D eigenvalue weighted by Crippen LogP contribution is 2.50. The molecule has 1 aliphatic heterocycles. The maximum Gasteiger partial charge on any atom is 0.255 e. The topological polar surface area (TPSA) is 75.4 Å². The Morgan fingerprint density at radius 1 is 1.18 bits per heavy atom. The molecule has 5 nitrogen and oxygen atoms in total. The van der Waals surface area contributed by atoms with Crippen LogP contribution < -0.4 is 11.1 Å². The predicted octanol–water partition coefficient (Wildman–Crippen LogP) is 4.30. The molecule has 1 fully saturated rings. The van der Waals surface area contributed by atoms with Crippen molar-refractivity contribution in [1.82, 2.24) is 4.90 Å². The van der Waals surface area contributed by atoms with Gasteiger partial charge >= 0.3 is 0 Å². The number of carbonyl (C=O) groups is 2. The minimum absolute atomic E-state index is 0.207. The third-order valence-electron chi connectivity index (χ3n) is 5.37. The molecule has 144 valence electrons. The van der Waals surface area contributed by atoms with E-state index in [-0.39, 0.29) is 22.7 Å². The molecule has 2 aromatic rings. The smallest absolute Gasteiger partial charge is 0.255 e. The molecule has 28 heavy (non-hydrogen) atoms. The van der Waals surface area contributed by atoms with Crippen LogP contribution in [0.2, 0.25) is 5.02 Å². The zero-order chi connectivity index (χ0) is 19.7. The number of benzene rings is 2. The first-order valence-electron chi connectivity index (χ1n) is 9.07. The molecule has 0 spiro atoms. The fourth-order valence-corrected chi connectivity index (χ4v) is 4.87. The van der Waals surface area contributed by atoms with Gasteiger partial charge in [-0.25, -0.2) is 0 Å². The summed E-state index contributed by atoms with van der Waals surface area (Å²) in [6.07, 6.45) is 5.01. The highest BCUT2D eigenvalue weighted by Gasteiger charge is 2.48. The maximum atomic E-state index is 12.4. The molecule has 7 heteroatoms. The Kier molecular flexibility index (Phi) is 5.08. The fraction of sp³-hybridized carbons (Fsp3) is 0.238. The van der Waals surface area contributed by atoms with Crippen LogP contribution in [0.3, 0.4) is 0 Å². The minimum atomic E-state index is -0.373. The van der Waals surface area contributed by atoms with E-state index in [0.717, 1.165) is 24.8 Å². The van der Waals surface area contributed by atoms with Crippen LogP contribution >= 0.6 is 23.4 Å². The standard InChI is InChI=1S/C21H20ClN3O2S/c22-16-4-1-3-14(13-16)19(27)24-17-7-5-15(6-8-17)21(9-2-10-21)25-11-12-28-20(25)18(23)26/h1,3-8,11-13,20H,2,9-10H2,(H2,23,26)(H,24,27). The number of thioether (sulfide) groups is 1. The van der Waals surface area contributed by atoms with Crippen molar-refractivity contribution in [2.24, 2.45) is 5.73 Å². The van der Waals surface area contributed by atoms with Gasteiger partial charge in [-0.1, -0.05) is 41.6 Å². The van der Waals surface area contributed by atoms with Gasteiger partial charge in [0.15, 0.2) is 5.37 Å². The molecule has 2 aliphatic rings. The number of carbonyl (C=O) groups excluding carboxylic acids is 2. The monoisotopic (exact) mass is 413 g/mol. The van der Waals surface area contributed by atoms with Crippen molar-refractivity contribution in [1.29, 1.82) is 0 Å². The molecular weight excluding hydrogens is 394 g/mol. The Bertz CT molecular complexity index is 941. The van der Waals surface area contributed by atoms with Crippen molar-refractivity contribution in [3.8, 4) is 0 Å². The number of hydrogen-bond donors (Lipinski definition) is 2. The van der Waals surface area contributed by atoms with E-state index in [1.54, 1.807) is 24.3 Å². The summed E-state index contributed by atoms with van der Waals surface area (Å²) in [5.41, 5.74) is 7.72. The van der Waals surface area contributed by atoms with Crippen molar-refractivity contribution in [2.75, 3.05) is 5.32 Å². The molecule has 1 saturated carbocycles. The quantitative estimate of drug-likeness (QED) is 0.766. The fourth-order valence-electron chi connectivity index (χ4n) is 3.79. The first-order chi connectivity index (χ1) is 13.5. The van der Waals surface area contributed by atoms with Crippen LogP contribution in [0.1, 0.15) is 35.2 Å². The van der Waals surface area contributed by atoms with Crippen LogP contribution in [-0.2, 0) is 10.3 Å². The van der Waals surface area contributed by atoms with Gasteiger partial charge < -0.3 is 16.0 Å². The molecule has 1 aliphatic carbocycles. The normalized spacial score (nSPS) is 19.9. The molecule has 0 saturated heterocycles. The number of nitrogens with one attached hydrogen (secondary N) is 1. The summed E-state index contributed by atoms with van der Waals surface area (Å²) in [6.45, 7) is 0. The average molecular weight is 414 g/mol. The Morgan fingerprint density at radius 2 is 1.93 bits per heavy atom. The summed E-state index contributed by atoms with van der Waals surface area (Å²) in [7, 11) is 0. The van der Waals surface area contributed by atoms with Crippen molar-refractivity contribution in [3.63, 3.8) is 0 Å². The predicted molar refractivity (Wildman–Crippen MR) is 113 cm³/mol. The summed E-state index contributed by atoms with van der Waals surface area (Å²) >= 11 is 7.40. The van der Waals surface area contributed by atoms with Crippen LogP contribution in [0, 0.1) is 0 Å². The van der Waals surface area contributed by atoms with E-state index in [1.165, 1.54) is 11.8 Å². The van der Waals surface area contributed by atoms with Crippen molar-refractivity contribution in [3.05, 3.63) is 76.3 Å². The van der Waals surface area contributed by atoms with Gasteiger partial charge in [-0.15, -0.1) is 0 Å². The van der Waals surface area contributed by atoms with E-state index >= 15 is 0 Å². The third kappa shape index (κ3) is 3.38. The van der Waals surface area contributed by atoms with Gasteiger partial charge in [-0.3, -0.25) is 9.59 Å². The van der Waals surface area contributed by atoms with E-state index in [9.17, 15) is 9.59 Å². The zero-order valence-corrected chi connectivity index (χ0v) is 16.7. The lowest BCUT2D eigenvalue weighted by atomic mass is 9.70. The van der Waals surface area contributed by atoms with Crippen LogP contribution in [0.5, 0.6) is 0 Å². The first-order valence-corrected chi connectivity index (χ1v) is 10.4. The average Bonchev–Trinajstić information content (AvgIpc) is 3.12. The number of primary amides is 1. The van der Waals surface area contributed by atoms with E-state index in [2.05, 4.69) is 10.2 Å². The van der Waals surface area contributed by atoms with Crippen LogP contribution in [0.25, 0.3) is 0 Å². The number of hydrogen-bond acceptors (Lipinski definition) is 4. The van der Waals surface area contributed by atoms with Crippen molar-refractivity contribution in [2.45, 2.75) is 30.2 Å². The molecule has 0 radical (unpaired) electrons. The summed E-state index contributed by atoms with van der Waals surface area (Å²) in [6, 6.07) is 14.7. The van der Waals surface area contributed by atoms with Crippen molar-refractivity contribution >= 4 is 40.9 Å². The van der Waals surface area contributed by atoms with Gasteiger partial charge in [0, 0.05) is 22.5 Å². The van der Waals surface area contributed by atoms with Crippen LogP contribution in [-0.4, -0.2) is 22.1 Å². The van der Waals surface area contributed by atoms with Gasteiger partial charge in [0.2, 0.25) is 0 Å². The minimum Gasteiger partial charge on any atom is -0.367 e. The summed E-state index contributed by atoms with van der Waals surface area (Å²) in [4.78, 5) is 26.3. The molecule has 0 aromatic heterocycles. The molecule has 3 N–H and O–H groups in total. The molecule has 2 aromatic carbocycles. The highest BCUT2D eigenvalue weighted by atomic mass is 35.5. The summed E-state index contributed by atoms with van der Waals surface area (Å²) in [5, 5.41) is 4.97. The number of halogens is 1. The van der Waals surface area contributed by atoms with Crippen molar-refractivity contribution < 1.29 is 9.59 Å². The Labute approximate surface area is 172 Å². The molecule has 1 atom stereocenters. The van der Waals surface area contributed by atoms with Crippen LogP contribution in [0.15, 0.2) is 60.1 Å². The van der Waals surface area contributed by atoms with Gasteiger partial charge in [-0.05, 0) is 60.6 Å². The Morgan fingerprint density at radius 3 is 2.54 bits per heavy atom. The van der Waals surface area contributed by atoms with Gasteiger partial charge in [-0.2, -0.15) is 0 Å². The maximum absolute atomic E-state index is 12.4. The van der Waals surface area contributed by atoms with E-state index < -0.39 is 0 Å². The number of anilines is 1. The van der Waals surface area contributed by atoms with E-state index in [1.807, 2.05) is 35.9 Å². The Hall–Kier alpha value is -2.44. The molecule has 2 amide bonds. The molecule has 1 unspecified atom stereocenters. The summed E-state index contributed by atoms with van der Waals surface area (Å²) < 4.78 is 0. The molecular formula is C21H20ClN3O2S. The SMILES string of the molecule is NC(=O)C1SC=CN1C1(c2ccc(NC(=O)c3cccc(Cl)c3)cc2)CCC1. The second kappa shape index (κ2) is 7.53. The second-order valence-electron chi connectivity index (χ2n) is 7.01. The Balaban J connectivity index is 1.53. The summed E-state index contributed by atoms with van der Waals surface area (Å²) in [5.74, 6) is -0.534. The molecule has 1 heterocycles. The largest absolute Gasteiger partial charge is 0.367 e. The van der Waals surface area contributed by atoms with Gasteiger partial charge in [0.25, 0.3) is 11.8 Å². The van der Waals surface area contributed by atoms with Crippen LogP contribution in [0.4, 0.5) is 5.69 Å². The lowest BCUT2D eigenvalue weighted by Gasteiger charge is -2.51. The first kappa shape index (κ1) is 18.9. The molecule has 0 bridgehead atoms. The third-order valence-corrected chi connectivity index (χ3v) is 6.60. The highest BCUT2D eigenvalue weighted by molar-refractivity contribution is 8.03. The number of amides is 2. The zero-order valence-electron chi connectivity index (χ0n) is 15.1. The van der Waals surface area contributed by atoms with E-state index in [0.29, 0.717) is 16.3 Å². The number of nitrogens with zero attached hydrogens (tertiary/aromatic N) is 1. The second-order valence-corrected chi connectivity index (χ2v) is 8.44.